The number of hydrogen-bond donors (Lipinski definition) is 1. The molecule has 0 bridgehead atoms. The van der Waals surface area contributed by atoms with Crippen LogP contribution in [-0.4, -0.2) is 55.6 Å². The summed E-state index contributed by atoms with van der Waals surface area (Å²) in [5.74, 6) is 0.845. The molecule has 0 fully saturated rings. The van der Waals surface area contributed by atoms with Crippen molar-refractivity contribution in [2.24, 2.45) is 5.92 Å². The average molecular weight is 578 g/mol. The third-order valence-corrected chi connectivity index (χ3v) is 6.93. The molecule has 0 unspecified atom stereocenters. The molecule has 11 heteroatoms. The van der Waals surface area contributed by atoms with Crippen LogP contribution in [-0.2, 0) is 23.9 Å². The minimum atomic E-state index is -4.63. The Morgan fingerprint density at radius 2 is 1.70 bits per heavy atom. The number of alkyl halides is 3. The van der Waals surface area contributed by atoms with Gasteiger partial charge in [0, 0.05) is 18.0 Å². The van der Waals surface area contributed by atoms with Gasteiger partial charge in [-0.05, 0) is 53.6 Å². The van der Waals surface area contributed by atoms with Gasteiger partial charge in [-0.3, -0.25) is 4.79 Å². The number of nitrogens with zero attached hydrogens (tertiary/aromatic N) is 2. The number of halogens is 3. The van der Waals surface area contributed by atoms with E-state index in [1.807, 2.05) is 43.5 Å². The summed E-state index contributed by atoms with van der Waals surface area (Å²) in [4.78, 5) is 30.6. The lowest BCUT2D eigenvalue weighted by Crippen LogP contribution is -2.46. The number of ether oxygens (including phenoxy) is 2. The van der Waals surface area contributed by atoms with Crippen molar-refractivity contribution in [2.75, 3.05) is 39.2 Å². The largest absolute Gasteiger partial charge is 0.493 e. The number of amides is 3. The van der Waals surface area contributed by atoms with Gasteiger partial charge in [-0.2, -0.15) is 13.2 Å². The van der Waals surface area contributed by atoms with Gasteiger partial charge in [0.15, 0.2) is 11.5 Å². The summed E-state index contributed by atoms with van der Waals surface area (Å²) < 4.78 is 51.1. The quantitative estimate of drug-likeness (QED) is 0.265. The maximum absolute atomic E-state index is 13.6. The van der Waals surface area contributed by atoms with Crippen molar-refractivity contribution in [3.8, 4) is 11.5 Å². The number of para-hydroxylation sites is 1. The third-order valence-electron chi connectivity index (χ3n) is 6.07. The Kier molecular flexibility index (Phi) is 10.8. The highest BCUT2D eigenvalue weighted by Crippen LogP contribution is 2.34. The molecule has 0 aliphatic heterocycles. The zero-order valence-electron chi connectivity index (χ0n) is 23.0. The minimum absolute atomic E-state index is 0.0195. The Bertz CT molecular complexity index is 1270. The predicted octanol–water partition coefficient (Wildman–Crippen LogP) is 6.55. The number of hydrogen-bond acceptors (Lipinski definition) is 5. The van der Waals surface area contributed by atoms with Gasteiger partial charge in [0.2, 0.25) is 5.91 Å². The van der Waals surface area contributed by atoms with Crippen molar-refractivity contribution in [1.82, 2.24) is 9.80 Å². The predicted molar refractivity (Wildman–Crippen MR) is 150 cm³/mol. The zero-order valence-corrected chi connectivity index (χ0v) is 23.8. The standard InChI is InChI=1S/C29H34F3N3O4S/c1-20(2)17-35(28(37)33-24-10-6-5-9-23(24)29(30,31)32)19-27(36)34(18-22-8-7-15-40-22)14-13-21-11-12-25(38-3)26(16-21)39-4/h5-12,15-16,20H,13-14,17-19H2,1-4H3,(H,33,37). The fourth-order valence-corrected chi connectivity index (χ4v) is 4.86. The molecule has 216 valence electrons. The van der Waals surface area contributed by atoms with Crippen LogP contribution >= 0.6 is 11.3 Å². The minimum Gasteiger partial charge on any atom is -0.493 e. The van der Waals surface area contributed by atoms with E-state index >= 15 is 0 Å². The summed E-state index contributed by atoms with van der Waals surface area (Å²) in [5, 5.41) is 4.29. The lowest BCUT2D eigenvalue weighted by Gasteiger charge is -2.29. The Balaban J connectivity index is 1.79. The number of benzene rings is 2. The van der Waals surface area contributed by atoms with E-state index in [0.29, 0.717) is 31.0 Å². The average Bonchev–Trinajstić information content (AvgIpc) is 3.43. The molecular formula is C29H34F3N3O4S. The van der Waals surface area contributed by atoms with E-state index in [-0.39, 0.29) is 30.6 Å². The molecule has 0 aliphatic rings. The molecule has 0 spiro atoms. The molecule has 3 aromatic rings. The van der Waals surface area contributed by atoms with Crippen LogP contribution in [0.15, 0.2) is 60.0 Å². The van der Waals surface area contributed by atoms with Gasteiger partial charge in [-0.1, -0.05) is 38.1 Å². The van der Waals surface area contributed by atoms with Crippen molar-refractivity contribution in [2.45, 2.75) is 33.0 Å². The van der Waals surface area contributed by atoms with Gasteiger partial charge in [-0.15, -0.1) is 11.3 Å². The molecule has 40 heavy (non-hydrogen) atoms. The summed E-state index contributed by atoms with van der Waals surface area (Å²) in [6, 6.07) is 13.4. The normalized spacial score (nSPS) is 11.3. The highest BCUT2D eigenvalue weighted by atomic mass is 32.1. The lowest BCUT2D eigenvalue weighted by atomic mass is 10.1. The maximum atomic E-state index is 13.6. The topological polar surface area (TPSA) is 71.1 Å². The van der Waals surface area contributed by atoms with Crippen LogP contribution < -0.4 is 14.8 Å². The molecular weight excluding hydrogens is 543 g/mol. The summed E-state index contributed by atoms with van der Waals surface area (Å²) in [6.07, 6.45) is -4.11. The van der Waals surface area contributed by atoms with E-state index in [9.17, 15) is 22.8 Å². The number of anilines is 1. The number of urea groups is 1. The van der Waals surface area contributed by atoms with Crippen molar-refractivity contribution in [3.63, 3.8) is 0 Å². The van der Waals surface area contributed by atoms with Crippen LogP contribution in [0.1, 0.15) is 29.9 Å². The number of thiophene rings is 1. The van der Waals surface area contributed by atoms with E-state index in [4.69, 9.17) is 9.47 Å². The lowest BCUT2D eigenvalue weighted by molar-refractivity contribution is -0.137. The van der Waals surface area contributed by atoms with Gasteiger partial charge in [0.25, 0.3) is 0 Å². The Morgan fingerprint density at radius 3 is 2.33 bits per heavy atom. The van der Waals surface area contributed by atoms with Crippen molar-refractivity contribution in [1.29, 1.82) is 0 Å². The molecule has 3 rings (SSSR count). The SMILES string of the molecule is COc1ccc(CCN(Cc2cccs2)C(=O)CN(CC(C)C)C(=O)Nc2ccccc2C(F)(F)F)cc1OC. The second-order valence-electron chi connectivity index (χ2n) is 9.58. The van der Waals surface area contributed by atoms with Crippen LogP contribution in [0.4, 0.5) is 23.7 Å². The van der Waals surface area contributed by atoms with E-state index < -0.39 is 17.8 Å². The smallest absolute Gasteiger partial charge is 0.418 e. The number of methoxy groups -OCH3 is 2. The van der Waals surface area contributed by atoms with E-state index in [1.54, 1.807) is 25.2 Å². The van der Waals surface area contributed by atoms with E-state index in [0.717, 1.165) is 16.5 Å². The van der Waals surface area contributed by atoms with Crippen molar-refractivity contribution < 1.29 is 32.2 Å². The van der Waals surface area contributed by atoms with Crippen LogP contribution in [0.25, 0.3) is 0 Å². The molecule has 1 N–H and O–H groups in total. The summed E-state index contributed by atoms with van der Waals surface area (Å²) in [7, 11) is 3.11. The monoisotopic (exact) mass is 577 g/mol. The highest BCUT2D eigenvalue weighted by molar-refractivity contribution is 7.09. The summed E-state index contributed by atoms with van der Waals surface area (Å²) in [6.45, 7) is 4.35. The van der Waals surface area contributed by atoms with Gasteiger partial charge in [0.05, 0.1) is 32.0 Å². The number of rotatable bonds is 12. The molecule has 0 atom stereocenters. The number of carbonyl (C=O) groups is 2. The van der Waals surface area contributed by atoms with Crippen LogP contribution in [0.5, 0.6) is 11.5 Å². The number of nitrogens with one attached hydrogen (secondary N) is 1. The van der Waals surface area contributed by atoms with Gasteiger partial charge < -0.3 is 24.6 Å². The second-order valence-corrected chi connectivity index (χ2v) is 10.6. The molecule has 0 saturated carbocycles. The Labute approximate surface area is 236 Å². The van der Waals surface area contributed by atoms with Gasteiger partial charge in [-0.25, -0.2) is 4.79 Å². The molecule has 7 nitrogen and oxygen atoms in total. The zero-order chi connectivity index (χ0) is 29.3. The molecule has 0 radical (unpaired) electrons. The fraction of sp³-hybridized carbons (Fsp3) is 0.379. The summed E-state index contributed by atoms with van der Waals surface area (Å²) in [5.41, 5.74) is -0.374. The number of carbonyl (C=O) groups excluding carboxylic acids is 2. The van der Waals surface area contributed by atoms with Crippen molar-refractivity contribution >= 4 is 29.0 Å². The third kappa shape index (κ3) is 8.64. The van der Waals surface area contributed by atoms with E-state index in [2.05, 4.69) is 5.32 Å². The van der Waals surface area contributed by atoms with Crippen LogP contribution in [0.3, 0.4) is 0 Å². The molecule has 3 amide bonds. The summed E-state index contributed by atoms with van der Waals surface area (Å²) >= 11 is 1.51. The molecule has 0 aliphatic carbocycles. The Hall–Kier alpha value is -3.73. The Morgan fingerprint density at radius 1 is 0.975 bits per heavy atom. The first-order chi connectivity index (χ1) is 19.0. The molecule has 2 aromatic carbocycles. The first-order valence-corrected chi connectivity index (χ1v) is 13.6. The van der Waals surface area contributed by atoms with Crippen LogP contribution in [0, 0.1) is 5.92 Å². The van der Waals surface area contributed by atoms with E-state index in [1.165, 1.54) is 34.4 Å². The molecule has 1 aromatic heterocycles. The first-order valence-electron chi connectivity index (χ1n) is 12.7. The highest BCUT2D eigenvalue weighted by Gasteiger charge is 2.34. The first kappa shape index (κ1) is 30.8. The van der Waals surface area contributed by atoms with Crippen molar-refractivity contribution in [3.05, 3.63) is 76.0 Å². The van der Waals surface area contributed by atoms with Gasteiger partial charge >= 0.3 is 12.2 Å². The second kappa shape index (κ2) is 14.1. The van der Waals surface area contributed by atoms with Crippen LogP contribution in [0.2, 0.25) is 0 Å². The van der Waals surface area contributed by atoms with Gasteiger partial charge in [0.1, 0.15) is 6.54 Å². The molecule has 1 heterocycles. The molecule has 0 saturated heterocycles. The fourth-order valence-electron chi connectivity index (χ4n) is 4.14. The maximum Gasteiger partial charge on any atom is 0.418 e.